The minimum Gasteiger partial charge on any atom is -0.244 e. The average Bonchev–Trinajstić information content (AvgIpc) is 2.19. The molecule has 0 spiro atoms. The van der Waals surface area contributed by atoms with Gasteiger partial charge >= 0.3 is 0 Å². The van der Waals surface area contributed by atoms with Crippen molar-refractivity contribution in [1.82, 2.24) is 0 Å². The fraction of sp³-hybridized carbons (Fsp3) is 1.00. The first-order valence-corrected chi connectivity index (χ1v) is 6.37. The van der Waals surface area contributed by atoms with E-state index < -0.39 is 5.67 Å². The summed E-state index contributed by atoms with van der Waals surface area (Å²) in [7, 11) is 0. The Kier molecular flexibility index (Phi) is 8.21. The molecular formula is C13H27F. The third-order valence-electron chi connectivity index (χ3n) is 3.09. The van der Waals surface area contributed by atoms with Crippen LogP contribution in [0.2, 0.25) is 0 Å². The van der Waals surface area contributed by atoms with Gasteiger partial charge in [0.15, 0.2) is 0 Å². The molecule has 0 nitrogen and oxygen atoms in total. The predicted octanol–water partition coefficient (Wildman–Crippen LogP) is 5.27. The predicted molar refractivity (Wildman–Crippen MR) is 62.4 cm³/mol. The molecule has 0 heterocycles. The van der Waals surface area contributed by atoms with Crippen LogP contribution in [0, 0.1) is 0 Å². The average molecular weight is 202 g/mol. The Morgan fingerprint density at radius 3 is 1.50 bits per heavy atom. The van der Waals surface area contributed by atoms with Gasteiger partial charge in [-0.3, -0.25) is 0 Å². The maximum absolute atomic E-state index is 14.2. The Bertz CT molecular complexity index is 110. The summed E-state index contributed by atoms with van der Waals surface area (Å²) in [6.45, 7) is 6.32. The normalized spacial score (nSPS) is 12.0. The smallest absolute Gasteiger partial charge is 0.110 e. The van der Waals surface area contributed by atoms with Crippen molar-refractivity contribution in [2.75, 3.05) is 0 Å². The van der Waals surface area contributed by atoms with E-state index in [1.807, 2.05) is 6.92 Å². The van der Waals surface area contributed by atoms with Gasteiger partial charge in [0.2, 0.25) is 0 Å². The Hall–Kier alpha value is -0.0700. The molecule has 0 aromatic heterocycles. The van der Waals surface area contributed by atoms with Crippen LogP contribution >= 0.6 is 0 Å². The first-order valence-electron chi connectivity index (χ1n) is 6.37. The first kappa shape index (κ1) is 13.9. The van der Waals surface area contributed by atoms with Crippen molar-refractivity contribution < 1.29 is 4.39 Å². The highest BCUT2D eigenvalue weighted by Gasteiger charge is 2.25. The topological polar surface area (TPSA) is 0 Å². The maximum Gasteiger partial charge on any atom is 0.110 e. The zero-order valence-corrected chi connectivity index (χ0v) is 10.2. The molecule has 86 valence electrons. The Morgan fingerprint density at radius 2 is 1.21 bits per heavy atom. The number of hydrogen-bond donors (Lipinski definition) is 0. The summed E-state index contributed by atoms with van der Waals surface area (Å²) in [6.07, 6.45) is 9.12. The molecular weight excluding hydrogens is 175 g/mol. The van der Waals surface area contributed by atoms with Crippen molar-refractivity contribution >= 4 is 0 Å². The molecule has 0 N–H and O–H groups in total. The minimum absolute atomic E-state index is 0.695. The number of alkyl halides is 1. The van der Waals surface area contributed by atoms with E-state index in [2.05, 4.69) is 13.8 Å². The quantitative estimate of drug-likeness (QED) is 0.447. The van der Waals surface area contributed by atoms with Gasteiger partial charge in [-0.2, -0.15) is 0 Å². The molecule has 0 saturated carbocycles. The highest BCUT2D eigenvalue weighted by molar-refractivity contribution is 4.77. The summed E-state index contributed by atoms with van der Waals surface area (Å²) in [4.78, 5) is 0. The van der Waals surface area contributed by atoms with E-state index in [-0.39, 0.29) is 0 Å². The standard InChI is InChI=1S/C13H27F/c1-4-7-9-11-13(14,6-3)12-10-8-5-2/h4-12H2,1-3H3. The zero-order valence-electron chi connectivity index (χ0n) is 10.2. The molecule has 0 atom stereocenters. The van der Waals surface area contributed by atoms with Gasteiger partial charge < -0.3 is 0 Å². The van der Waals surface area contributed by atoms with Crippen LogP contribution in [0.4, 0.5) is 4.39 Å². The summed E-state index contributed by atoms with van der Waals surface area (Å²) in [5, 5.41) is 0. The fourth-order valence-electron chi connectivity index (χ4n) is 1.86. The van der Waals surface area contributed by atoms with Gasteiger partial charge in [-0.25, -0.2) is 4.39 Å². The lowest BCUT2D eigenvalue weighted by atomic mass is 9.90. The Balaban J connectivity index is 3.67. The molecule has 0 amide bonds. The number of unbranched alkanes of at least 4 members (excludes halogenated alkanes) is 4. The van der Waals surface area contributed by atoms with Crippen molar-refractivity contribution in [3.63, 3.8) is 0 Å². The van der Waals surface area contributed by atoms with Gasteiger partial charge in [0.25, 0.3) is 0 Å². The maximum atomic E-state index is 14.2. The van der Waals surface area contributed by atoms with E-state index in [0.29, 0.717) is 6.42 Å². The van der Waals surface area contributed by atoms with Crippen LogP contribution in [0.5, 0.6) is 0 Å². The Labute approximate surface area is 89.3 Å². The molecule has 0 aromatic carbocycles. The van der Waals surface area contributed by atoms with E-state index in [1.165, 1.54) is 25.7 Å². The summed E-state index contributed by atoms with van der Waals surface area (Å²) < 4.78 is 14.2. The van der Waals surface area contributed by atoms with Crippen molar-refractivity contribution in [1.29, 1.82) is 0 Å². The summed E-state index contributed by atoms with van der Waals surface area (Å²) >= 11 is 0. The van der Waals surface area contributed by atoms with Gasteiger partial charge in [0, 0.05) is 0 Å². The number of rotatable bonds is 9. The van der Waals surface area contributed by atoms with E-state index in [9.17, 15) is 4.39 Å². The lowest BCUT2D eigenvalue weighted by Crippen LogP contribution is -2.21. The molecule has 0 bridgehead atoms. The van der Waals surface area contributed by atoms with Gasteiger partial charge in [-0.05, 0) is 19.3 Å². The molecule has 0 aliphatic heterocycles. The van der Waals surface area contributed by atoms with Crippen molar-refractivity contribution in [3.8, 4) is 0 Å². The lowest BCUT2D eigenvalue weighted by Gasteiger charge is -2.23. The van der Waals surface area contributed by atoms with E-state index in [0.717, 1.165) is 25.7 Å². The molecule has 0 aromatic rings. The summed E-state index contributed by atoms with van der Waals surface area (Å²) in [5.41, 5.74) is -0.857. The van der Waals surface area contributed by atoms with Gasteiger partial charge in [0.1, 0.15) is 5.67 Å². The largest absolute Gasteiger partial charge is 0.244 e. The van der Waals surface area contributed by atoms with Crippen LogP contribution in [-0.4, -0.2) is 5.67 Å². The molecule has 14 heavy (non-hydrogen) atoms. The van der Waals surface area contributed by atoms with Gasteiger partial charge in [-0.1, -0.05) is 59.3 Å². The lowest BCUT2D eigenvalue weighted by molar-refractivity contribution is 0.123. The summed E-state index contributed by atoms with van der Waals surface area (Å²) in [6, 6.07) is 0. The highest BCUT2D eigenvalue weighted by Crippen LogP contribution is 2.29. The Morgan fingerprint density at radius 1 is 0.786 bits per heavy atom. The molecule has 0 fully saturated rings. The fourth-order valence-corrected chi connectivity index (χ4v) is 1.86. The molecule has 0 aliphatic rings. The molecule has 0 aliphatic carbocycles. The monoisotopic (exact) mass is 202 g/mol. The van der Waals surface area contributed by atoms with Gasteiger partial charge in [-0.15, -0.1) is 0 Å². The van der Waals surface area contributed by atoms with Crippen LogP contribution < -0.4 is 0 Å². The SMILES string of the molecule is CCCCCC(F)(CC)CCCCC. The first-order chi connectivity index (χ1) is 6.68. The molecule has 0 unspecified atom stereocenters. The van der Waals surface area contributed by atoms with Gasteiger partial charge in [0.05, 0.1) is 0 Å². The van der Waals surface area contributed by atoms with Crippen LogP contribution in [0.25, 0.3) is 0 Å². The number of halogens is 1. The third-order valence-corrected chi connectivity index (χ3v) is 3.09. The molecule has 1 heteroatoms. The molecule has 0 saturated heterocycles. The molecule has 0 radical (unpaired) electrons. The second-order valence-corrected chi connectivity index (χ2v) is 4.42. The summed E-state index contributed by atoms with van der Waals surface area (Å²) in [5.74, 6) is 0. The zero-order chi connectivity index (χ0) is 10.9. The van der Waals surface area contributed by atoms with Crippen LogP contribution in [0.15, 0.2) is 0 Å². The van der Waals surface area contributed by atoms with Crippen LogP contribution in [0.1, 0.15) is 78.6 Å². The van der Waals surface area contributed by atoms with Crippen LogP contribution in [-0.2, 0) is 0 Å². The van der Waals surface area contributed by atoms with E-state index in [1.54, 1.807) is 0 Å². The third kappa shape index (κ3) is 6.39. The van der Waals surface area contributed by atoms with E-state index in [4.69, 9.17) is 0 Å². The van der Waals surface area contributed by atoms with E-state index >= 15 is 0 Å². The molecule has 0 rings (SSSR count). The minimum atomic E-state index is -0.857. The highest BCUT2D eigenvalue weighted by atomic mass is 19.1. The van der Waals surface area contributed by atoms with Crippen molar-refractivity contribution in [2.24, 2.45) is 0 Å². The van der Waals surface area contributed by atoms with Crippen molar-refractivity contribution in [2.45, 2.75) is 84.2 Å². The second-order valence-electron chi connectivity index (χ2n) is 4.42. The second kappa shape index (κ2) is 8.26. The van der Waals surface area contributed by atoms with Crippen molar-refractivity contribution in [3.05, 3.63) is 0 Å². The number of hydrogen-bond acceptors (Lipinski definition) is 0. The van der Waals surface area contributed by atoms with Crippen LogP contribution in [0.3, 0.4) is 0 Å².